The van der Waals surface area contributed by atoms with Gasteiger partial charge in [0.2, 0.25) is 11.8 Å². The van der Waals surface area contributed by atoms with Gasteiger partial charge in [0, 0.05) is 13.1 Å². The monoisotopic (exact) mass is 613 g/mol. The van der Waals surface area contributed by atoms with Crippen LogP contribution in [0.25, 0.3) is 0 Å². The first kappa shape index (κ1) is 32.9. The van der Waals surface area contributed by atoms with Gasteiger partial charge in [0.1, 0.15) is 18.3 Å². The van der Waals surface area contributed by atoms with Gasteiger partial charge in [-0.2, -0.15) is 0 Å². The predicted molar refractivity (Wildman–Crippen MR) is 167 cm³/mol. The molecule has 0 aliphatic rings. The Kier molecular flexibility index (Phi) is 11.8. The molecule has 8 nitrogen and oxygen atoms in total. The molecule has 0 radical (unpaired) electrons. The van der Waals surface area contributed by atoms with E-state index in [1.807, 2.05) is 52.0 Å². The molecule has 0 bridgehead atoms. The number of aryl methyl sites for hydroxylation is 2. The minimum absolute atomic E-state index is 0.0300. The van der Waals surface area contributed by atoms with Crippen LogP contribution in [0.3, 0.4) is 0 Å². The molecule has 0 aliphatic carbocycles. The van der Waals surface area contributed by atoms with Gasteiger partial charge in [-0.3, -0.25) is 13.9 Å². The molecule has 42 heavy (non-hydrogen) atoms. The zero-order valence-electron chi connectivity index (χ0n) is 24.9. The zero-order valence-corrected chi connectivity index (χ0v) is 26.5. The number of methoxy groups -OCH3 is 1. The highest BCUT2D eigenvalue weighted by molar-refractivity contribution is 7.92. The molecule has 10 heteroatoms. The summed E-state index contributed by atoms with van der Waals surface area (Å²) in [5.74, 6) is -0.417. The van der Waals surface area contributed by atoms with E-state index in [0.717, 1.165) is 33.8 Å². The second-order valence-electron chi connectivity index (χ2n) is 10.2. The molecule has 226 valence electrons. The third-order valence-electron chi connectivity index (χ3n) is 6.96. The van der Waals surface area contributed by atoms with Crippen LogP contribution in [-0.4, -0.2) is 51.4 Å². The zero-order chi connectivity index (χ0) is 30.9. The first-order valence-electron chi connectivity index (χ1n) is 14.1. The number of ether oxygens (including phenoxy) is 1. The van der Waals surface area contributed by atoms with Gasteiger partial charge >= 0.3 is 0 Å². The average Bonchev–Trinajstić information content (AvgIpc) is 2.96. The average molecular weight is 614 g/mol. The minimum Gasteiger partial charge on any atom is -0.495 e. The summed E-state index contributed by atoms with van der Waals surface area (Å²) < 4.78 is 34.3. The summed E-state index contributed by atoms with van der Waals surface area (Å²) in [5.41, 5.74) is 2.94. The molecule has 0 spiro atoms. The molecule has 0 aromatic heterocycles. The molecular weight excluding hydrogens is 574 g/mol. The number of rotatable bonds is 14. The number of unbranched alkanes of at least 4 members (excludes halogenated alkanes) is 1. The summed E-state index contributed by atoms with van der Waals surface area (Å²) in [6.45, 7) is 7.78. The maximum absolute atomic E-state index is 14.2. The van der Waals surface area contributed by atoms with Gasteiger partial charge in [0.05, 0.1) is 22.7 Å². The van der Waals surface area contributed by atoms with Crippen molar-refractivity contribution in [2.75, 3.05) is 24.5 Å². The van der Waals surface area contributed by atoms with Crippen molar-refractivity contribution in [2.24, 2.45) is 0 Å². The number of carbonyl (C=O) groups is 2. The van der Waals surface area contributed by atoms with E-state index in [2.05, 4.69) is 5.32 Å². The molecule has 0 saturated heterocycles. The largest absolute Gasteiger partial charge is 0.495 e. The van der Waals surface area contributed by atoms with Crippen molar-refractivity contribution in [1.82, 2.24) is 10.2 Å². The molecule has 0 heterocycles. The van der Waals surface area contributed by atoms with Crippen molar-refractivity contribution < 1.29 is 22.7 Å². The van der Waals surface area contributed by atoms with Gasteiger partial charge in [-0.25, -0.2) is 8.42 Å². The number of carbonyl (C=O) groups excluding carboxylic acids is 2. The van der Waals surface area contributed by atoms with E-state index in [9.17, 15) is 18.0 Å². The topological polar surface area (TPSA) is 96.0 Å². The number of sulfonamides is 1. The van der Waals surface area contributed by atoms with Gasteiger partial charge in [-0.1, -0.05) is 79.4 Å². The number of benzene rings is 3. The predicted octanol–water partition coefficient (Wildman–Crippen LogP) is 5.88. The molecule has 3 aromatic carbocycles. The SMILES string of the molecule is CCCCNC(=O)C(CC)N(Cc1cccc(C)c1)C(=O)CN(c1ccc(OC)c(Cl)c1)S(=O)(=O)c1ccc(C)cc1. The van der Waals surface area contributed by atoms with E-state index >= 15 is 0 Å². The Hall–Kier alpha value is -3.56. The quantitative estimate of drug-likeness (QED) is 0.229. The van der Waals surface area contributed by atoms with E-state index in [1.165, 1.54) is 30.2 Å². The number of hydrogen-bond donors (Lipinski definition) is 1. The van der Waals surface area contributed by atoms with Crippen molar-refractivity contribution in [3.8, 4) is 5.75 Å². The number of nitrogens with zero attached hydrogens (tertiary/aromatic N) is 2. The van der Waals surface area contributed by atoms with Gasteiger partial charge in [-0.15, -0.1) is 0 Å². The second-order valence-corrected chi connectivity index (χ2v) is 12.5. The molecule has 3 aromatic rings. The standard InChI is InChI=1S/C32H40ClN3O5S/c1-6-8-18-34-32(38)29(7-2)35(21-25-11-9-10-24(4)19-25)31(37)22-36(26-14-17-30(41-5)28(33)20-26)42(39,40)27-15-12-23(3)13-16-27/h9-17,19-20,29H,6-8,18,21-22H2,1-5H3,(H,34,38). The Labute approximate surface area is 254 Å². The highest BCUT2D eigenvalue weighted by Gasteiger charge is 2.34. The molecule has 0 saturated carbocycles. The van der Waals surface area contributed by atoms with Crippen LogP contribution in [0.15, 0.2) is 71.6 Å². The van der Waals surface area contributed by atoms with Crippen LogP contribution in [0.2, 0.25) is 5.02 Å². The third kappa shape index (κ3) is 8.26. The minimum atomic E-state index is -4.20. The summed E-state index contributed by atoms with van der Waals surface area (Å²) in [7, 11) is -2.74. The maximum Gasteiger partial charge on any atom is 0.264 e. The fraction of sp³-hybridized carbons (Fsp3) is 0.375. The van der Waals surface area contributed by atoms with Crippen LogP contribution in [0, 0.1) is 13.8 Å². The van der Waals surface area contributed by atoms with Crippen LogP contribution < -0.4 is 14.4 Å². The Morgan fingerprint density at radius 2 is 1.69 bits per heavy atom. The van der Waals surface area contributed by atoms with Crippen LogP contribution in [0.4, 0.5) is 5.69 Å². The van der Waals surface area contributed by atoms with E-state index in [-0.39, 0.29) is 28.1 Å². The number of anilines is 1. The number of hydrogen-bond acceptors (Lipinski definition) is 5. The fourth-order valence-electron chi connectivity index (χ4n) is 4.61. The van der Waals surface area contributed by atoms with Crippen molar-refractivity contribution in [2.45, 2.75) is 64.4 Å². The Morgan fingerprint density at radius 1 is 0.976 bits per heavy atom. The van der Waals surface area contributed by atoms with Crippen LogP contribution in [0.5, 0.6) is 5.75 Å². The van der Waals surface area contributed by atoms with Crippen molar-refractivity contribution in [3.05, 3.63) is 88.4 Å². The lowest BCUT2D eigenvalue weighted by molar-refractivity contribution is -0.140. The Morgan fingerprint density at radius 3 is 2.29 bits per heavy atom. The highest BCUT2D eigenvalue weighted by atomic mass is 35.5. The van der Waals surface area contributed by atoms with Gasteiger partial charge < -0.3 is 15.0 Å². The normalized spacial score (nSPS) is 12.0. The van der Waals surface area contributed by atoms with Gasteiger partial charge in [0.25, 0.3) is 10.0 Å². The number of nitrogens with one attached hydrogen (secondary N) is 1. The molecule has 1 atom stereocenters. The van der Waals surface area contributed by atoms with Crippen molar-refractivity contribution in [1.29, 1.82) is 0 Å². The Bertz CT molecular complexity index is 1480. The first-order valence-corrected chi connectivity index (χ1v) is 15.9. The molecule has 1 N–H and O–H groups in total. The lowest BCUT2D eigenvalue weighted by atomic mass is 10.1. The summed E-state index contributed by atoms with van der Waals surface area (Å²) >= 11 is 6.39. The van der Waals surface area contributed by atoms with E-state index in [1.54, 1.807) is 24.3 Å². The number of amides is 2. The highest BCUT2D eigenvalue weighted by Crippen LogP contribution is 2.32. The second kappa shape index (κ2) is 15.1. The third-order valence-corrected chi connectivity index (χ3v) is 9.05. The maximum atomic E-state index is 14.2. The van der Waals surface area contributed by atoms with Crippen LogP contribution >= 0.6 is 11.6 Å². The Balaban J connectivity index is 2.07. The lowest BCUT2D eigenvalue weighted by Crippen LogP contribution is -2.52. The van der Waals surface area contributed by atoms with Gasteiger partial charge in [0.15, 0.2) is 0 Å². The summed E-state index contributed by atoms with van der Waals surface area (Å²) in [6, 6.07) is 17.9. The van der Waals surface area contributed by atoms with E-state index in [0.29, 0.717) is 18.7 Å². The molecule has 2 amide bonds. The summed E-state index contributed by atoms with van der Waals surface area (Å²) in [4.78, 5) is 29.0. The molecule has 1 unspecified atom stereocenters. The van der Waals surface area contributed by atoms with E-state index in [4.69, 9.17) is 16.3 Å². The molecule has 0 aliphatic heterocycles. The van der Waals surface area contributed by atoms with Gasteiger partial charge in [-0.05, 0) is 62.6 Å². The number of halogens is 1. The van der Waals surface area contributed by atoms with Crippen molar-refractivity contribution in [3.63, 3.8) is 0 Å². The molecular formula is C32H40ClN3O5S. The molecule has 3 rings (SSSR count). The van der Waals surface area contributed by atoms with Crippen LogP contribution in [-0.2, 0) is 26.2 Å². The fourth-order valence-corrected chi connectivity index (χ4v) is 6.27. The van der Waals surface area contributed by atoms with Crippen molar-refractivity contribution >= 4 is 39.1 Å². The van der Waals surface area contributed by atoms with E-state index < -0.39 is 28.5 Å². The first-order chi connectivity index (χ1) is 20.0. The summed E-state index contributed by atoms with van der Waals surface area (Å²) in [5, 5.41) is 3.14. The smallest absolute Gasteiger partial charge is 0.264 e. The lowest BCUT2D eigenvalue weighted by Gasteiger charge is -2.33. The summed E-state index contributed by atoms with van der Waals surface area (Å²) in [6.07, 6.45) is 2.09. The van der Waals surface area contributed by atoms with Crippen LogP contribution in [0.1, 0.15) is 49.8 Å². The molecule has 0 fully saturated rings.